The number of anilines is 2. The van der Waals surface area contributed by atoms with Crippen molar-refractivity contribution < 1.29 is 14.6 Å². The summed E-state index contributed by atoms with van der Waals surface area (Å²) in [7, 11) is -4.24. The van der Waals surface area contributed by atoms with E-state index in [0.717, 1.165) is 30.5 Å². The Morgan fingerprint density at radius 3 is 2.63 bits per heavy atom. The minimum absolute atomic E-state index is 0. The van der Waals surface area contributed by atoms with Crippen LogP contribution < -0.4 is 15.4 Å². The molecule has 3 aromatic rings. The van der Waals surface area contributed by atoms with Crippen LogP contribution in [0.4, 0.5) is 11.6 Å². The average molecular weight is 539 g/mol. The number of nitrogen functional groups attached to an aromatic ring is 1. The lowest BCUT2D eigenvalue weighted by molar-refractivity contribution is 0.0981. The Morgan fingerprint density at radius 2 is 1.97 bits per heavy atom. The molecular formula is C28H38N6O3S. The second-order valence-electron chi connectivity index (χ2n) is 11.1. The molecule has 1 unspecified atom stereocenters. The molecule has 4 rings (SSSR count). The van der Waals surface area contributed by atoms with Gasteiger partial charge in [-0.2, -0.15) is 8.42 Å². The molecule has 0 bridgehead atoms. The van der Waals surface area contributed by atoms with Gasteiger partial charge in [-0.1, -0.05) is 26.8 Å². The van der Waals surface area contributed by atoms with Gasteiger partial charge in [0.05, 0.1) is 11.3 Å². The number of aryl methyl sites for hydroxylation is 1. The first-order chi connectivity index (χ1) is 17.9. The van der Waals surface area contributed by atoms with Crippen molar-refractivity contribution in [3.8, 4) is 11.3 Å². The van der Waals surface area contributed by atoms with Crippen molar-refractivity contribution in [3.63, 3.8) is 0 Å². The first-order valence-corrected chi connectivity index (χ1v) is 14.4. The second-order valence-corrected chi connectivity index (χ2v) is 12.7. The number of nitrogens with two attached hydrogens (primary N) is 1. The Kier molecular flexibility index (Phi) is 7.73. The molecule has 1 fully saturated rings. The summed E-state index contributed by atoms with van der Waals surface area (Å²) in [4.78, 5) is 28.8. The average Bonchev–Trinajstić information content (AvgIpc) is 3.13. The Hall–Kier alpha value is -3.53. The fraction of sp³-hybridized carbons (Fsp3) is 0.429. The van der Waals surface area contributed by atoms with Crippen LogP contribution in [0, 0.1) is 11.8 Å². The normalized spacial score (nSPS) is 17.1. The summed E-state index contributed by atoms with van der Waals surface area (Å²) in [6.07, 6.45) is 4.59. The molecular weight excluding hydrogens is 500 g/mol. The Morgan fingerprint density at radius 1 is 1.21 bits per heavy atom. The molecule has 38 heavy (non-hydrogen) atoms. The fourth-order valence-corrected chi connectivity index (χ4v) is 5.91. The smallest absolute Gasteiger partial charge is 0.281 e. The maximum atomic E-state index is 13.4. The minimum Gasteiger partial charge on any atom is -0.384 e. The molecule has 1 aliphatic heterocycles. The van der Waals surface area contributed by atoms with Crippen LogP contribution in [0.2, 0.25) is 0 Å². The molecule has 204 valence electrons. The predicted octanol–water partition coefficient (Wildman–Crippen LogP) is 4.70. The van der Waals surface area contributed by atoms with E-state index < -0.39 is 15.9 Å². The van der Waals surface area contributed by atoms with Crippen LogP contribution in [0.1, 0.15) is 64.9 Å². The van der Waals surface area contributed by atoms with Crippen molar-refractivity contribution in [2.75, 3.05) is 17.2 Å². The SMILES string of the molecule is CC(C)CCc1cc(-c2ccc(C(=O)NS(=O)(=O)c3cccc(N)n3)c(N3CC(C)CC3(C)C)n2)ccn1.[HH]. The van der Waals surface area contributed by atoms with Gasteiger partial charge in [-0.25, -0.2) is 14.7 Å². The van der Waals surface area contributed by atoms with E-state index in [9.17, 15) is 13.2 Å². The zero-order valence-electron chi connectivity index (χ0n) is 22.6. The van der Waals surface area contributed by atoms with Gasteiger partial charge in [0.2, 0.25) is 0 Å². The van der Waals surface area contributed by atoms with Gasteiger partial charge in [0.1, 0.15) is 11.6 Å². The summed E-state index contributed by atoms with van der Waals surface area (Å²) in [6.45, 7) is 11.4. The third-order valence-electron chi connectivity index (χ3n) is 6.79. The first kappa shape index (κ1) is 27.5. The second kappa shape index (κ2) is 10.7. The number of nitrogens with zero attached hydrogens (tertiary/aromatic N) is 4. The number of rotatable bonds is 8. The molecule has 4 heterocycles. The molecule has 1 aliphatic rings. The molecule has 1 saturated heterocycles. The van der Waals surface area contributed by atoms with Gasteiger partial charge in [0.25, 0.3) is 15.9 Å². The topological polar surface area (TPSA) is 131 Å². The van der Waals surface area contributed by atoms with Crippen LogP contribution in [-0.2, 0) is 16.4 Å². The maximum Gasteiger partial charge on any atom is 0.281 e. The van der Waals surface area contributed by atoms with E-state index in [1.54, 1.807) is 18.3 Å². The molecule has 0 aromatic carbocycles. The van der Waals surface area contributed by atoms with Crippen LogP contribution in [0.5, 0.6) is 0 Å². The highest BCUT2D eigenvalue weighted by atomic mass is 32.2. The van der Waals surface area contributed by atoms with E-state index in [0.29, 0.717) is 29.9 Å². The first-order valence-electron chi connectivity index (χ1n) is 12.9. The third-order valence-corrected chi connectivity index (χ3v) is 8.02. The molecule has 0 aliphatic carbocycles. The van der Waals surface area contributed by atoms with E-state index in [1.165, 1.54) is 18.2 Å². The quantitative estimate of drug-likeness (QED) is 0.422. The predicted molar refractivity (Wildman–Crippen MR) is 151 cm³/mol. The highest BCUT2D eigenvalue weighted by molar-refractivity contribution is 7.90. The summed E-state index contributed by atoms with van der Waals surface area (Å²) in [5.41, 5.74) is 8.14. The lowest BCUT2D eigenvalue weighted by Gasteiger charge is -2.34. The zero-order chi connectivity index (χ0) is 27.7. The van der Waals surface area contributed by atoms with Crippen LogP contribution in [0.25, 0.3) is 11.3 Å². The van der Waals surface area contributed by atoms with Crippen LogP contribution in [-0.4, -0.2) is 41.4 Å². The van der Waals surface area contributed by atoms with E-state index >= 15 is 0 Å². The summed E-state index contributed by atoms with van der Waals surface area (Å²) in [5.74, 6) is 0.679. The molecule has 0 radical (unpaired) electrons. The maximum absolute atomic E-state index is 13.4. The minimum atomic E-state index is -4.24. The van der Waals surface area contributed by atoms with E-state index in [-0.39, 0.29) is 23.4 Å². The zero-order valence-corrected chi connectivity index (χ0v) is 23.4. The number of carbonyl (C=O) groups is 1. The van der Waals surface area contributed by atoms with E-state index in [4.69, 9.17) is 10.7 Å². The molecule has 10 heteroatoms. The number of pyridine rings is 3. The summed E-state index contributed by atoms with van der Waals surface area (Å²) < 4.78 is 28.0. The number of aromatic nitrogens is 3. The molecule has 3 N–H and O–H groups in total. The monoisotopic (exact) mass is 538 g/mol. The van der Waals surface area contributed by atoms with Gasteiger partial charge in [-0.3, -0.25) is 9.78 Å². The van der Waals surface area contributed by atoms with Gasteiger partial charge in [-0.15, -0.1) is 0 Å². The highest BCUT2D eigenvalue weighted by Gasteiger charge is 2.39. The van der Waals surface area contributed by atoms with Crippen LogP contribution in [0.15, 0.2) is 53.7 Å². The van der Waals surface area contributed by atoms with Crippen molar-refractivity contribution in [2.45, 2.75) is 64.4 Å². The highest BCUT2D eigenvalue weighted by Crippen LogP contribution is 2.38. The Bertz CT molecular complexity index is 1440. The molecule has 0 saturated carbocycles. The third kappa shape index (κ3) is 6.12. The number of sulfonamides is 1. The molecule has 0 spiro atoms. The van der Waals surface area contributed by atoms with Crippen molar-refractivity contribution >= 4 is 27.6 Å². The van der Waals surface area contributed by atoms with Crippen molar-refractivity contribution in [1.29, 1.82) is 0 Å². The van der Waals surface area contributed by atoms with Crippen molar-refractivity contribution in [1.82, 2.24) is 19.7 Å². The summed E-state index contributed by atoms with van der Waals surface area (Å²) >= 11 is 0. The Labute approximate surface area is 226 Å². The number of nitrogens with one attached hydrogen (secondary N) is 1. The van der Waals surface area contributed by atoms with Gasteiger partial charge in [0.15, 0.2) is 5.03 Å². The lowest BCUT2D eigenvalue weighted by atomic mass is 9.97. The van der Waals surface area contributed by atoms with Crippen molar-refractivity contribution in [2.24, 2.45) is 11.8 Å². The number of hydrogen-bond acceptors (Lipinski definition) is 8. The largest absolute Gasteiger partial charge is 0.384 e. The number of amides is 1. The fourth-order valence-electron chi connectivity index (χ4n) is 4.97. The summed E-state index contributed by atoms with van der Waals surface area (Å²) in [5, 5.41) is -0.321. The van der Waals surface area contributed by atoms with E-state index in [1.807, 2.05) is 12.1 Å². The Balaban J connectivity index is 0.00000420. The number of carbonyl (C=O) groups excluding carboxylic acids is 1. The van der Waals surface area contributed by atoms with Gasteiger partial charge in [-0.05, 0) is 81.3 Å². The number of hydrogen-bond donors (Lipinski definition) is 2. The van der Waals surface area contributed by atoms with Gasteiger partial charge >= 0.3 is 0 Å². The molecule has 9 nitrogen and oxygen atoms in total. The van der Waals surface area contributed by atoms with Gasteiger partial charge < -0.3 is 10.6 Å². The van der Waals surface area contributed by atoms with E-state index in [2.05, 4.69) is 54.2 Å². The molecule has 1 atom stereocenters. The summed E-state index contributed by atoms with van der Waals surface area (Å²) in [6, 6.07) is 11.6. The van der Waals surface area contributed by atoms with Gasteiger partial charge in [0, 0.05) is 31.0 Å². The van der Waals surface area contributed by atoms with Crippen LogP contribution >= 0.6 is 0 Å². The molecule has 3 aromatic heterocycles. The standard InChI is InChI=1S/C28H36N6O3S.H2/c1-18(2)9-10-21-15-20(13-14-30-21)23-12-11-22(26(31-23)34-17-19(3)16-28(34,4)5)27(35)33-38(36,37)25-8-6-7-24(29)32-25;/h6-8,11-15,18-19H,9-10,16-17H2,1-5H3,(H2,29,32)(H,33,35);1H. The lowest BCUT2D eigenvalue weighted by Crippen LogP contribution is -2.41. The van der Waals surface area contributed by atoms with Crippen molar-refractivity contribution in [3.05, 3.63) is 59.9 Å². The molecule has 1 amide bonds. The van der Waals surface area contributed by atoms with Crippen LogP contribution in [0.3, 0.4) is 0 Å².